The molecule has 2 rings (SSSR count). The first-order valence-corrected chi connectivity index (χ1v) is 6.10. The number of aliphatic hydroxyl groups excluding tert-OH is 1. The number of carbonyl (C=O) groups is 1. The number of nitrogens with one attached hydrogen (secondary N) is 1. The van der Waals surface area contributed by atoms with Crippen LogP contribution in [0, 0.1) is 0 Å². The number of amides is 2. The van der Waals surface area contributed by atoms with Gasteiger partial charge in [0, 0.05) is 17.3 Å². The number of morpholine rings is 1. The van der Waals surface area contributed by atoms with Crippen LogP contribution in [0.15, 0.2) is 24.3 Å². The molecule has 0 aromatic heterocycles. The van der Waals surface area contributed by atoms with Crippen molar-refractivity contribution in [1.29, 1.82) is 0 Å². The average Bonchev–Trinajstić information content (AvgIpc) is 2.38. The van der Waals surface area contributed by atoms with Crippen LogP contribution in [0.5, 0.6) is 0 Å². The van der Waals surface area contributed by atoms with Crippen LogP contribution in [-0.2, 0) is 4.74 Å². The number of ether oxygens (including phenoxy) is 1. The van der Waals surface area contributed by atoms with Crippen molar-refractivity contribution in [2.24, 2.45) is 0 Å². The molecule has 1 aromatic carbocycles. The molecule has 5 nitrogen and oxygen atoms in total. The number of benzene rings is 1. The smallest absolute Gasteiger partial charge is 0.322 e. The highest BCUT2D eigenvalue weighted by Gasteiger charge is 2.26. The van der Waals surface area contributed by atoms with Crippen LogP contribution < -0.4 is 5.32 Å². The molecule has 6 heteroatoms. The van der Waals surface area contributed by atoms with Gasteiger partial charge in [-0.25, -0.2) is 4.79 Å². The lowest BCUT2D eigenvalue weighted by Gasteiger charge is -2.34. The number of urea groups is 1. The molecule has 1 aliphatic heterocycles. The van der Waals surface area contributed by atoms with Crippen molar-refractivity contribution in [1.82, 2.24) is 4.90 Å². The second kappa shape index (κ2) is 6.04. The first-order valence-electron chi connectivity index (χ1n) is 5.72. The van der Waals surface area contributed by atoms with Crippen LogP contribution >= 0.6 is 11.6 Å². The maximum absolute atomic E-state index is 12.1. The minimum atomic E-state index is -0.294. The van der Waals surface area contributed by atoms with Crippen LogP contribution in [-0.4, -0.2) is 48.4 Å². The van der Waals surface area contributed by atoms with Crippen LogP contribution in [0.1, 0.15) is 0 Å². The Balaban J connectivity index is 2.02. The highest BCUT2D eigenvalue weighted by Crippen LogP contribution is 2.16. The fourth-order valence-electron chi connectivity index (χ4n) is 1.83. The van der Waals surface area contributed by atoms with Crippen molar-refractivity contribution in [2.45, 2.75) is 6.04 Å². The van der Waals surface area contributed by atoms with Crippen molar-refractivity contribution >= 4 is 23.3 Å². The van der Waals surface area contributed by atoms with E-state index in [-0.39, 0.29) is 18.7 Å². The average molecular weight is 271 g/mol. The standard InChI is InChI=1S/C12H15ClN2O3/c13-9-2-1-3-10(6-9)14-12(17)15-4-5-18-8-11(15)7-16/h1-3,6,11,16H,4-5,7-8H2,(H,14,17). The molecule has 1 fully saturated rings. The fourth-order valence-corrected chi connectivity index (χ4v) is 2.03. The molecule has 0 radical (unpaired) electrons. The summed E-state index contributed by atoms with van der Waals surface area (Å²) in [6.45, 7) is 1.21. The number of nitrogens with zero attached hydrogens (tertiary/aromatic N) is 1. The Kier molecular flexibility index (Phi) is 4.41. The Morgan fingerprint density at radius 2 is 2.44 bits per heavy atom. The molecule has 1 aliphatic rings. The Hall–Kier alpha value is -1.30. The largest absolute Gasteiger partial charge is 0.394 e. The number of carbonyl (C=O) groups excluding carboxylic acids is 1. The van der Waals surface area contributed by atoms with Gasteiger partial charge in [-0.05, 0) is 18.2 Å². The Labute approximate surface area is 110 Å². The minimum absolute atomic E-state index is 0.108. The molecular formula is C12H15ClN2O3. The summed E-state index contributed by atoms with van der Waals surface area (Å²) in [7, 11) is 0. The van der Waals surface area contributed by atoms with Crippen molar-refractivity contribution in [3.63, 3.8) is 0 Å². The predicted molar refractivity (Wildman–Crippen MR) is 68.9 cm³/mol. The van der Waals surface area contributed by atoms with Gasteiger partial charge < -0.3 is 20.1 Å². The fraction of sp³-hybridized carbons (Fsp3) is 0.417. The second-order valence-corrected chi connectivity index (χ2v) is 4.48. The Bertz CT molecular complexity index is 428. The van der Waals surface area contributed by atoms with Gasteiger partial charge in [0.1, 0.15) is 0 Å². The SMILES string of the molecule is O=C(Nc1cccc(Cl)c1)N1CCOCC1CO. The summed E-state index contributed by atoms with van der Waals surface area (Å²) in [6.07, 6.45) is 0. The third kappa shape index (κ3) is 3.13. The molecule has 0 saturated carbocycles. The predicted octanol–water partition coefficient (Wildman–Crippen LogP) is 1.56. The number of hydrogen-bond donors (Lipinski definition) is 2. The molecule has 0 spiro atoms. The molecule has 18 heavy (non-hydrogen) atoms. The lowest BCUT2D eigenvalue weighted by Crippen LogP contribution is -2.52. The monoisotopic (exact) mass is 270 g/mol. The van der Waals surface area contributed by atoms with E-state index in [1.54, 1.807) is 29.2 Å². The summed E-state index contributed by atoms with van der Waals surface area (Å²) in [5.74, 6) is 0. The van der Waals surface area contributed by atoms with Gasteiger partial charge in [-0.1, -0.05) is 17.7 Å². The summed E-state index contributed by atoms with van der Waals surface area (Å²) in [6, 6.07) is 6.40. The van der Waals surface area contributed by atoms with Gasteiger partial charge in [0.2, 0.25) is 0 Å². The highest BCUT2D eigenvalue weighted by molar-refractivity contribution is 6.30. The number of anilines is 1. The van der Waals surface area contributed by atoms with E-state index in [1.807, 2.05) is 0 Å². The summed E-state index contributed by atoms with van der Waals surface area (Å²) < 4.78 is 5.22. The molecule has 1 atom stereocenters. The van der Waals surface area contributed by atoms with E-state index in [0.29, 0.717) is 30.5 Å². The number of hydrogen-bond acceptors (Lipinski definition) is 3. The Morgan fingerprint density at radius 1 is 1.61 bits per heavy atom. The molecule has 98 valence electrons. The number of rotatable bonds is 2. The van der Waals surface area contributed by atoms with Gasteiger partial charge in [-0.3, -0.25) is 0 Å². The topological polar surface area (TPSA) is 61.8 Å². The molecule has 1 heterocycles. The molecule has 2 amide bonds. The van der Waals surface area contributed by atoms with E-state index in [1.165, 1.54) is 0 Å². The molecule has 1 saturated heterocycles. The summed E-state index contributed by atoms with van der Waals surface area (Å²) in [5, 5.41) is 12.5. The molecule has 1 unspecified atom stereocenters. The molecule has 0 bridgehead atoms. The van der Waals surface area contributed by atoms with Crippen molar-refractivity contribution in [3.8, 4) is 0 Å². The van der Waals surface area contributed by atoms with Crippen molar-refractivity contribution < 1.29 is 14.6 Å². The first kappa shape index (κ1) is 13.1. The molecule has 2 N–H and O–H groups in total. The lowest BCUT2D eigenvalue weighted by atomic mass is 10.2. The molecule has 0 aliphatic carbocycles. The third-order valence-corrected chi connectivity index (χ3v) is 3.01. The zero-order chi connectivity index (χ0) is 13.0. The van der Waals surface area contributed by atoms with Crippen LogP contribution in [0.4, 0.5) is 10.5 Å². The van der Waals surface area contributed by atoms with Crippen molar-refractivity contribution in [3.05, 3.63) is 29.3 Å². The highest BCUT2D eigenvalue weighted by atomic mass is 35.5. The zero-order valence-electron chi connectivity index (χ0n) is 9.80. The van der Waals surface area contributed by atoms with E-state index in [9.17, 15) is 9.90 Å². The van der Waals surface area contributed by atoms with E-state index < -0.39 is 0 Å². The van der Waals surface area contributed by atoms with Crippen molar-refractivity contribution in [2.75, 3.05) is 31.7 Å². The second-order valence-electron chi connectivity index (χ2n) is 4.05. The van der Waals surface area contributed by atoms with E-state index >= 15 is 0 Å². The van der Waals surface area contributed by atoms with Gasteiger partial charge in [0.05, 0.1) is 25.9 Å². The molecule has 1 aromatic rings. The van der Waals surface area contributed by atoms with Gasteiger partial charge in [0.25, 0.3) is 0 Å². The lowest BCUT2D eigenvalue weighted by molar-refractivity contribution is -0.00485. The molecular weight excluding hydrogens is 256 g/mol. The van der Waals surface area contributed by atoms with Gasteiger partial charge >= 0.3 is 6.03 Å². The maximum atomic E-state index is 12.1. The van der Waals surface area contributed by atoms with E-state index in [0.717, 1.165) is 0 Å². The normalized spacial score (nSPS) is 19.7. The summed E-state index contributed by atoms with van der Waals surface area (Å²) in [5.41, 5.74) is 0.635. The van der Waals surface area contributed by atoms with Crippen LogP contribution in [0.25, 0.3) is 0 Å². The number of aliphatic hydroxyl groups is 1. The first-order chi connectivity index (χ1) is 8.70. The van der Waals surface area contributed by atoms with Gasteiger partial charge in [-0.2, -0.15) is 0 Å². The van der Waals surface area contributed by atoms with Crippen LogP contribution in [0.2, 0.25) is 5.02 Å². The summed E-state index contributed by atoms with van der Waals surface area (Å²) >= 11 is 5.85. The van der Waals surface area contributed by atoms with Crippen LogP contribution in [0.3, 0.4) is 0 Å². The van der Waals surface area contributed by atoms with Gasteiger partial charge in [-0.15, -0.1) is 0 Å². The number of halogens is 1. The Morgan fingerprint density at radius 3 is 3.17 bits per heavy atom. The van der Waals surface area contributed by atoms with E-state index in [4.69, 9.17) is 16.3 Å². The zero-order valence-corrected chi connectivity index (χ0v) is 10.6. The quantitative estimate of drug-likeness (QED) is 0.857. The van der Waals surface area contributed by atoms with E-state index in [2.05, 4.69) is 5.32 Å². The van der Waals surface area contributed by atoms with Gasteiger partial charge in [0.15, 0.2) is 0 Å². The minimum Gasteiger partial charge on any atom is -0.394 e. The summed E-state index contributed by atoms with van der Waals surface area (Å²) in [4.78, 5) is 13.6. The maximum Gasteiger partial charge on any atom is 0.322 e. The third-order valence-electron chi connectivity index (χ3n) is 2.78.